The SMILES string of the molecule is CN1C(=O)[C@@H](NC(=O)c2ncc(Cc3ccccc3)o2)C2C[C@H]2c2nccnc21. The standard InChI is InChI=1S/C21H19N5O3/c1-26-18-16(22-7-8-23-18)14-10-15(14)17(21(26)28)25-19(27)20-24-11-13(29-20)9-12-5-3-2-4-6-12/h2-8,11,14-15,17H,9-10H2,1H3,(H,25,27)/t14-,15?,17+/m1/s1. The van der Waals surface area contributed by atoms with Crippen molar-refractivity contribution in [3.63, 3.8) is 0 Å². The van der Waals surface area contributed by atoms with Gasteiger partial charge in [-0.2, -0.15) is 0 Å². The maximum atomic E-state index is 13.0. The lowest BCUT2D eigenvalue weighted by molar-refractivity contribution is -0.120. The second-order valence-corrected chi connectivity index (χ2v) is 7.41. The molecule has 5 rings (SSSR count). The quantitative estimate of drug-likeness (QED) is 0.732. The number of likely N-dealkylation sites (N-methyl/N-ethyl adjacent to an activating group) is 1. The number of carbonyl (C=O) groups excluding carboxylic acids is 2. The second-order valence-electron chi connectivity index (χ2n) is 7.41. The number of oxazole rings is 1. The molecule has 0 saturated heterocycles. The van der Waals surface area contributed by atoms with E-state index in [9.17, 15) is 9.59 Å². The number of amides is 2. The first-order chi connectivity index (χ1) is 14.1. The highest BCUT2D eigenvalue weighted by atomic mass is 16.4. The third kappa shape index (κ3) is 3.16. The van der Waals surface area contributed by atoms with Crippen molar-refractivity contribution in [2.45, 2.75) is 24.8 Å². The predicted molar refractivity (Wildman–Crippen MR) is 103 cm³/mol. The van der Waals surface area contributed by atoms with Gasteiger partial charge >= 0.3 is 5.91 Å². The largest absolute Gasteiger partial charge is 0.437 e. The number of rotatable bonds is 4. The molecule has 1 aromatic carbocycles. The minimum absolute atomic E-state index is 0.00519. The summed E-state index contributed by atoms with van der Waals surface area (Å²) in [5.41, 5.74) is 1.88. The van der Waals surface area contributed by atoms with E-state index in [2.05, 4.69) is 20.3 Å². The Morgan fingerprint density at radius 3 is 2.83 bits per heavy atom. The molecular weight excluding hydrogens is 370 g/mol. The summed E-state index contributed by atoms with van der Waals surface area (Å²) in [4.78, 5) is 39.9. The zero-order valence-electron chi connectivity index (χ0n) is 15.8. The van der Waals surface area contributed by atoms with Gasteiger partial charge in [0, 0.05) is 31.8 Å². The van der Waals surface area contributed by atoms with Crippen LogP contribution in [0.1, 0.15) is 40.0 Å². The van der Waals surface area contributed by atoms with E-state index < -0.39 is 11.9 Å². The second kappa shape index (κ2) is 6.80. The van der Waals surface area contributed by atoms with Crippen LogP contribution in [0.3, 0.4) is 0 Å². The molecule has 3 aromatic rings. The van der Waals surface area contributed by atoms with Gasteiger partial charge in [0.05, 0.1) is 11.9 Å². The molecule has 1 unspecified atom stereocenters. The van der Waals surface area contributed by atoms with Crippen LogP contribution in [0.25, 0.3) is 0 Å². The summed E-state index contributed by atoms with van der Waals surface area (Å²) in [5.74, 6) is 0.539. The number of aromatic nitrogens is 3. The minimum atomic E-state index is -0.655. The van der Waals surface area contributed by atoms with Crippen LogP contribution in [0.5, 0.6) is 0 Å². The maximum Gasteiger partial charge on any atom is 0.307 e. The molecule has 1 N–H and O–H groups in total. The van der Waals surface area contributed by atoms with Gasteiger partial charge < -0.3 is 9.73 Å². The van der Waals surface area contributed by atoms with Gasteiger partial charge in [0.2, 0.25) is 0 Å². The summed E-state index contributed by atoms with van der Waals surface area (Å²) >= 11 is 0. The van der Waals surface area contributed by atoms with E-state index >= 15 is 0 Å². The summed E-state index contributed by atoms with van der Waals surface area (Å²) in [6.07, 6.45) is 6.09. The third-order valence-corrected chi connectivity index (χ3v) is 5.50. The molecule has 0 bridgehead atoms. The van der Waals surface area contributed by atoms with E-state index in [1.54, 1.807) is 25.6 Å². The highest BCUT2D eigenvalue weighted by Gasteiger charge is 2.53. The van der Waals surface area contributed by atoms with E-state index in [-0.39, 0.29) is 23.6 Å². The molecule has 2 amide bonds. The Morgan fingerprint density at radius 1 is 1.21 bits per heavy atom. The number of fused-ring (bicyclic) bond motifs is 3. The van der Waals surface area contributed by atoms with Gasteiger partial charge in [-0.25, -0.2) is 9.97 Å². The Balaban J connectivity index is 1.32. The van der Waals surface area contributed by atoms with Crippen LogP contribution in [0.2, 0.25) is 0 Å². The highest BCUT2D eigenvalue weighted by molar-refractivity contribution is 6.02. The van der Waals surface area contributed by atoms with Crippen LogP contribution in [0.15, 0.2) is 53.3 Å². The molecular formula is C21H19N5O3. The molecule has 1 fully saturated rings. The number of hydrogen-bond acceptors (Lipinski definition) is 6. The van der Waals surface area contributed by atoms with Crippen molar-refractivity contribution in [1.82, 2.24) is 20.3 Å². The van der Waals surface area contributed by atoms with Crippen molar-refractivity contribution in [3.05, 3.63) is 71.8 Å². The Hall–Kier alpha value is -3.55. The van der Waals surface area contributed by atoms with Gasteiger partial charge in [-0.1, -0.05) is 30.3 Å². The van der Waals surface area contributed by atoms with Crippen molar-refractivity contribution in [2.75, 3.05) is 11.9 Å². The van der Waals surface area contributed by atoms with E-state index in [4.69, 9.17) is 4.42 Å². The average Bonchev–Trinajstić information content (AvgIpc) is 3.41. The van der Waals surface area contributed by atoms with Crippen LogP contribution >= 0.6 is 0 Å². The van der Waals surface area contributed by atoms with Gasteiger partial charge in [0.1, 0.15) is 11.8 Å². The van der Waals surface area contributed by atoms with E-state index in [1.807, 2.05) is 30.3 Å². The Labute approximate surface area is 167 Å². The fraction of sp³-hybridized carbons (Fsp3) is 0.286. The van der Waals surface area contributed by atoms with E-state index in [1.165, 1.54) is 4.90 Å². The zero-order chi connectivity index (χ0) is 20.0. The zero-order valence-corrected chi connectivity index (χ0v) is 15.8. The van der Waals surface area contributed by atoms with Gasteiger partial charge in [-0.05, 0) is 17.9 Å². The number of carbonyl (C=O) groups is 2. The molecule has 3 heterocycles. The number of hydrogen-bond donors (Lipinski definition) is 1. The lowest BCUT2D eigenvalue weighted by Gasteiger charge is -2.22. The first-order valence-corrected chi connectivity index (χ1v) is 9.50. The third-order valence-electron chi connectivity index (χ3n) is 5.50. The normalized spacial score (nSPS) is 22.4. The Kier molecular flexibility index (Phi) is 4.12. The molecule has 2 aromatic heterocycles. The van der Waals surface area contributed by atoms with Gasteiger partial charge in [-0.3, -0.25) is 19.5 Å². The molecule has 146 valence electrons. The lowest BCUT2D eigenvalue weighted by atomic mass is 10.1. The summed E-state index contributed by atoms with van der Waals surface area (Å²) < 4.78 is 5.62. The smallest absolute Gasteiger partial charge is 0.307 e. The molecule has 1 aliphatic heterocycles. The summed E-state index contributed by atoms with van der Waals surface area (Å²) in [6.45, 7) is 0. The number of anilines is 1. The molecule has 0 spiro atoms. The van der Waals surface area contributed by atoms with Crippen molar-refractivity contribution < 1.29 is 14.0 Å². The van der Waals surface area contributed by atoms with E-state index in [0.29, 0.717) is 18.0 Å². The van der Waals surface area contributed by atoms with Gasteiger partial charge in [0.15, 0.2) is 5.82 Å². The molecule has 0 radical (unpaired) electrons. The molecule has 1 saturated carbocycles. The Morgan fingerprint density at radius 2 is 2.00 bits per heavy atom. The van der Waals surface area contributed by atoms with Crippen LogP contribution in [-0.4, -0.2) is 39.9 Å². The van der Waals surface area contributed by atoms with Crippen molar-refractivity contribution in [1.29, 1.82) is 0 Å². The average molecular weight is 389 g/mol. The Bertz CT molecular complexity index is 1080. The highest BCUT2D eigenvalue weighted by Crippen LogP contribution is 2.53. The number of benzene rings is 1. The van der Waals surface area contributed by atoms with Crippen LogP contribution in [-0.2, 0) is 11.2 Å². The van der Waals surface area contributed by atoms with Gasteiger partial charge in [-0.15, -0.1) is 0 Å². The fourth-order valence-corrected chi connectivity index (χ4v) is 3.92. The predicted octanol–water partition coefficient (Wildman–Crippen LogP) is 1.93. The first-order valence-electron chi connectivity index (χ1n) is 9.50. The summed E-state index contributed by atoms with van der Waals surface area (Å²) in [5, 5.41) is 2.82. The van der Waals surface area contributed by atoms with Crippen molar-refractivity contribution in [3.8, 4) is 0 Å². The van der Waals surface area contributed by atoms with E-state index in [0.717, 1.165) is 17.7 Å². The molecule has 8 nitrogen and oxygen atoms in total. The van der Waals surface area contributed by atoms with Crippen LogP contribution in [0, 0.1) is 5.92 Å². The molecule has 8 heteroatoms. The monoisotopic (exact) mass is 389 g/mol. The molecule has 3 atom stereocenters. The van der Waals surface area contributed by atoms with Crippen LogP contribution < -0.4 is 10.2 Å². The van der Waals surface area contributed by atoms with Gasteiger partial charge in [0.25, 0.3) is 11.8 Å². The maximum absolute atomic E-state index is 13.0. The fourth-order valence-electron chi connectivity index (χ4n) is 3.92. The molecule has 29 heavy (non-hydrogen) atoms. The number of nitrogens with zero attached hydrogens (tertiary/aromatic N) is 4. The summed E-state index contributed by atoms with van der Waals surface area (Å²) in [7, 11) is 1.66. The minimum Gasteiger partial charge on any atom is -0.437 e. The molecule has 1 aliphatic carbocycles. The van der Waals surface area contributed by atoms with Crippen molar-refractivity contribution in [2.24, 2.45) is 5.92 Å². The first kappa shape index (κ1) is 17.5. The summed E-state index contributed by atoms with van der Waals surface area (Å²) in [6, 6.07) is 9.14. The topological polar surface area (TPSA) is 101 Å². The van der Waals surface area contributed by atoms with Crippen molar-refractivity contribution >= 4 is 17.6 Å². The lowest BCUT2D eigenvalue weighted by Crippen LogP contribution is -2.48. The van der Waals surface area contributed by atoms with Crippen LogP contribution in [0.4, 0.5) is 5.82 Å². The molecule has 2 aliphatic rings. The number of nitrogens with one attached hydrogen (secondary N) is 1.